The Labute approximate surface area is 194 Å². The van der Waals surface area contributed by atoms with E-state index in [2.05, 4.69) is 27.5 Å². The standard InChI is InChI=1S/C17H31N5O2S3.HI/c1-3-14-27(23,24)22-10-6-15(7-11-22)21-16(18-4-2)19-8-5-12-25-17-20-9-13-26-17;/h9,13,15H,3-8,10-12,14H2,1-2H3,(H2,18,19,21);1H. The van der Waals surface area contributed by atoms with Crippen LogP contribution >= 0.6 is 47.1 Å². The number of nitrogens with zero attached hydrogens (tertiary/aromatic N) is 3. The third-order valence-electron chi connectivity index (χ3n) is 4.20. The second kappa shape index (κ2) is 14.0. The van der Waals surface area contributed by atoms with Gasteiger partial charge in [-0.1, -0.05) is 18.7 Å². The molecular weight excluding hydrogens is 529 g/mol. The number of piperidine rings is 1. The molecule has 11 heteroatoms. The molecule has 2 rings (SSSR count). The Bertz CT molecular complexity index is 662. The summed E-state index contributed by atoms with van der Waals surface area (Å²) < 4.78 is 27.1. The van der Waals surface area contributed by atoms with Gasteiger partial charge >= 0.3 is 0 Å². The summed E-state index contributed by atoms with van der Waals surface area (Å²) in [5, 5.41) is 8.74. The molecule has 1 fully saturated rings. The summed E-state index contributed by atoms with van der Waals surface area (Å²) in [7, 11) is -3.08. The molecule has 162 valence electrons. The summed E-state index contributed by atoms with van der Waals surface area (Å²) in [5.74, 6) is 2.07. The number of rotatable bonds is 10. The topological polar surface area (TPSA) is 86.7 Å². The van der Waals surface area contributed by atoms with Crippen molar-refractivity contribution >= 4 is 63.1 Å². The lowest BCUT2D eigenvalue weighted by molar-refractivity contribution is 0.306. The lowest BCUT2D eigenvalue weighted by atomic mass is 10.1. The molecular formula is C17H32IN5O2S3. The fourth-order valence-electron chi connectivity index (χ4n) is 2.88. The first-order chi connectivity index (χ1) is 13.0. The third kappa shape index (κ3) is 9.14. The van der Waals surface area contributed by atoms with Crippen LogP contribution in [0.3, 0.4) is 0 Å². The van der Waals surface area contributed by atoms with Crippen LogP contribution in [0.4, 0.5) is 0 Å². The van der Waals surface area contributed by atoms with E-state index in [0.29, 0.717) is 19.5 Å². The van der Waals surface area contributed by atoms with Crippen molar-refractivity contribution in [1.82, 2.24) is 19.9 Å². The Morgan fingerprint density at radius 2 is 2.14 bits per heavy atom. The largest absolute Gasteiger partial charge is 0.357 e. The van der Waals surface area contributed by atoms with Crippen LogP contribution < -0.4 is 10.6 Å². The van der Waals surface area contributed by atoms with E-state index in [9.17, 15) is 8.42 Å². The van der Waals surface area contributed by atoms with E-state index < -0.39 is 10.0 Å². The van der Waals surface area contributed by atoms with E-state index in [1.165, 1.54) is 0 Å². The van der Waals surface area contributed by atoms with E-state index in [1.54, 1.807) is 27.4 Å². The SMILES string of the molecule is CCCS(=O)(=O)N1CCC(NC(=NCCCSc2nccs2)NCC)CC1.I. The van der Waals surface area contributed by atoms with Crippen molar-refractivity contribution in [2.45, 2.75) is 49.9 Å². The van der Waals surface area contributed by atoms with Gasteiger partial charge in [0.05, 0.1) is 5.75 Å². The first kappa shape index (κ1) is 25.9. The zero-order valence-corrected chi connectivity index (χ0v) is 21.4. The lowest BCUT2D eigenvalue weighted by Crippen LogP contribution is -2.50. The molecule has 7 nitrogen and oxygen atoms in total. The second-order valence-electron chi connectivity index (χ2n) is 6.39. The zero-order valence-electron chi connectivity index (χ0n) is 16.6. The number of aliphatic imine (C=N–C) groups is 1. The number of aromatic nitrogens is 1. The summed E-state index contributed by atoms with van der Waals surface area (Å²) in [6.07, 6.45) is 5.12. The Morgan fingerprint density at radius 3 is 2.75 bits per heavy atom. The zero-order chi connectivity index (χ0) is 19.5. The van der Waals surface area contributed by atoms with Gasteiger partial charge in [-0.15, -0.1) is 35.3 Å². The molecule has 0 unspecified atom stereocenters. The van der Waals surface area contributed by atoms with Crippen LogP contribution in [-0.2, 0) is 10.0 Å². The number of guanidine groups is 1. The monoisotopic (exact) mass is 561 g/mol. The van der Waals surface area contributed by atoms with Crippen LogP contribution in [0.25, 0.3) is 0 Å². The maximum Gasteiger partial charge on any atom is 0.214 e. The first-order valence-electron chi connectivity index (χ1n) is 9.60. The molecule has 0 aromatic carbocycles. The molecule has 1 aromatic rings. The minimum Gasteiger partial charge on any atom is -0.357 e. The molecule has 0 spiro atoms. The van der Waals surface area contributed by atoms with Crippen molar-refractivity contribution in [2.75, 3.05) is 37.7 Å². The molecule has 0 bridgehead atoms. The maximum atomic E-state index is 12.2. The van der Waals surface area contributed by atoms with Crippen molar-refractivity contribution in [3.05, 3.63) is 11.6 Å². The number of thiazole rings is 1. The summed E-state index contributed by atoms with van der Waals surface area (Å²) >= 11 is 3.44. The average molecular weight is 562 g/mol. The van der Waals surface area contributed by atoms with Gasteiger partial charge in [0, 0.05) is 49.6 Å². The van der Waals surface area contributed by atoms with E-state index >= 15 is 0 Å². The molecule has 0 aliphatic carbocycles. The summed E-state index contributed by atoms with van der Waals surface area (Å²) in [4.78, 5) is 8.92. The van der Waals surface area contributed by atoms with E-state index in [4.69, 9.17) is 0 Å². The first-order valence-corrected chi connectivity index (χ1v) is 13.1. The molecule has 2 heterocycles. The highest BCUT2D eigenvalue weighted by Crippen LogP contribution is 2.20. The van der Waals surface area contributed by atoms with Crippen LogP contribution in [0.15, 0.2) is 20.9 Å². The highest BCUT2D eigenvalue weighted by molar-refractivity contribution is 14.0. The van der Waals surface area contributed by atoms with Crippen LogP contribution in [0.1, 0.15) is 39.5 Å². The average Bonchev–Trinajstić information content (AvgIpc) is 3.15. The van der Waals surface area contributed by atoms with Crippen molar-refractivity contribution in [1.29, 1.82) is 0 Å². The van der Waals surface area contributed by atoms with Crippen molar-refractivity contribution in [3.8, 4) is 0 Å². The van der Waals surface area contributed by atoms with Gasteiger partial charge in [0.2, 0.25) is 10.0 Å². The minimum atomic E-state index is -3.08. The Balaban J connectivity index is 0.00000392. The van der Waals surface area contributed by atoms with Gasteiger partial charge in [-0.25, -0.2) is 17.7 Å². The van der Waals surface area contributed by atoms with Gasteiger partial charge < -0.3 is 10.6 Å². The van der Waals surface area contributed by atoms with Crippen molar-refractivity contribution < 1.29 is 8.42 Å². The van der Waals surface area contributed by atoms with Gasteiger partial charge in [-0.3, -0.25) is 4.99 Å². The number of halogens is 1. The van der Waals surface area contributed by atoms with Gasteiger partial charge in [-0.05, 0) is 32.6 Å². The fraction of sp³-hybridized carbons (Fsp3) is 0.765. The quantitative estimate of drug-likeness (QED) is 0.150. The summed E-state index contributed by atoms with van der Waals surface area (Å²) in [6.45, 7) is 6.70. The highest BCUT2D eigenvalue weighted by Gasteiger charge is 2.27. The van der Waals surface area contributed by atoms with Crippen molar-refractivity contribution in [3.63, 3.8) is 0 Å². The van der Waals surface area contributed by atoms with Gasteiger partial charge in [0.1, 0.15) is 4.34 Å². The second-order valence-corrected chi connectivity index (χ2v) is 10.7. The van der Waals surface area contributed by atoms with Crippen LogP contribution in [0, 0.1) is 0 Å². The molecule has 1 aromatic heterocycles. The number of thioether (sulfide) groups is 1. The number of hydrogen-bond donors (Lipinski definition) is 2. The van der Waals surface area contributed by atoms with Crippen LogP contribution in [-0.4, -0.2) is 67.4 Å². The molecule has 0 atom stereocenters. The Morgan fingerprint density at radius 1 is 1.39 bits per heavy atom. The van der Waals surface area contributed by atoms with Gasteiger partial charge in [0.25, 0.3) is 0 Å². The molecule has 0 saturated carbocycles. The number of sulfonamides is 1. The smallest absolute Gasteiger partial charge is 0.214 e. The van der Waals surface area contributed by atoms with Gasteiger partial charge in [-0.2, -0.15) is 0 Å². The summed E-state index contributed by atoms with van der Waals surface area (Å²) in [6, 6.07) is 0.264. The van der Waals surface area contributed by atoms with Gasteiger partial charge in [0.15, 0.2) is 5.96 Å². The van der Waals surface area contributed by atoms with Crippen LogP contribution in [0.5, 0.6) is 0 Å². The van der Waals surface area contributed by atoms with E-state index in [0.717, 1.165) is 48.4 Å². The number of hydrogen-bond acceptors (Lipinski definition) is 6. The fourth-order valence-corrected chi connectivity index (χ4v) is 6.05. The van der Waals surface area contributed by atoms with Crippen molar-refractivity contribution in [2.24, 2.45) is 4.99 Å². The Hall–Kier alpha value is -0.110. The van der Waals surface area contributed by atoms with E-state index in [1.807, 2.05) is 18.5 Å². The molecule has 2 N–H and O–H groups in total. The highest BCUT2D eigenvalue weighted by atomic mass is 127. The minimum absolute atomic E-state index is 0. The molecule has 0 radical (unpaired) electrons. The summed E-state index contributed by atoms with van der Waals surface area (Å²) in [5.41, 5.74) is 0. The van der Waals surface area contributed by atoms with E-state index in [-0.39, 0.29) is 35.8 Å². The predicted octanol–water partition coefficient (Wildman–Crippen LogP) is 3.00. The molecule has 1 saturated heterocycles. The normalized spacial score (nSPS) is 16.6. The number of nitrogens with one attached hydrogen (secondary N) is 2. The third-order valence-corrected chi connectivity index (χ3v) is 8.33. The molecule has 1 aliphatic heterocycles. The molecule has 28 heavy (non-hydrogen) atoms. The maximum absolute atomic E-state index is 12.2. The molecule has 0 amide bonds. The van der Waals surface area contributed by atoms with Crippen LogP contribution in [0.2, 0.25) is 0 Å². The predicted molar refractivity (Wildman–Crippen MR) is 131 cm³/mol. The lowest BCUT2D eigenvalue weighted by Gasteiger charge is -2.32. The molecule has 1 aliphatic rings. The Kier molecular flexibility index (Phi) is 13.0.